The molecule has 0 spiro atoms. The molecule has 20 heavy (non-hydrogen) atoms. The normalized spacial score (nSPS) is 17.4. The summed E-state index contributed by atoms with van der Waals surface area (Å²) in [6.07, 6.45) is 0.388. The number of carbonyl (C=O) groups excluding carboxylic acids is 1. The van der Waals surface area contributed by atoms with Crippen LogP contribution in [0.15, 0.2) is 24.3 Å². The zero-order valence-corrected chi connectivity index (χ0v) is 11.1. The number of amides is 1. The van der Waals surface area contributed by atoms with Crippen molar-refractivity contribution in [3.63, 3.8) is 0 Å². The Bertz CT molecular complexity index is 498. The minimum atomic E-state index is -3.77. The minimum absolute atomic E-state index is 0.00914. The quantitative estimate of drug-likeness (QED) is 0.888. The van der Waals surface area contributed by atoms with E-state index < -0.39 is 17.4 Å². The molecular formula is C14H17F2NO3. The molecule has 0 heterocycles. The zero-order valence-electron chi connectivity index (χ0n) is 11.1. The summed E-state index contributed by atoms with van der Waals surface area (Å²) in [5.74, 6) is -5.08. The summed E-state index contributed by atoms with van der Waals surface area (Å²) in [6, 6.07) is 5.95. The van der Waals surface area contributed by atoms with E-state index in [4.69, 9.17) is 5.11 Å². The van der Waals surface area contributed by atoms with Crippen LogP contribution in [0, 0.1) is 0 Å². The van der Waals surface area contributed by atoms with Gasteiger partial charge < -0.3 is 15.1 Å². The molecule has 1 saturated carbocycles. The Morgan fingerprint density at radius 3 is 2.35 bits per heavy atom. The lowest BCUT2D eigenvalue weighted by Crippen LogP contribution is -2.60. The predicted molar refractivity (Wildman–Crippen MR) is 68.3 cm³/mol. The van der Waals surface area contributed by atoms with Crippen molar-refractivity contribution in [2.24, 2.45) is 0 Å². The molecule has 4 nitrogen and oxygen atoms in total. The number of aliphatic hydroxyl groups is 1. The first-order valence-corrected chi connectivity index (χ1v) is 6.40. The van der Waals surface area contributed by atoms with Crippen molar-refractivity contribution < 1.29 is 23.8 Å². The molecular weight excluding hydrogens is 268 g/mol. The maximum absolute atomic E-state index is 14.0. The minimum Gasteiger partial charge on any atom is -0.508 e. The fourth-order valence-electron chi connectivity index (χ4n) is 2.21. The molecule has 1 amide bonds. The third-order valence-corrected chi connectivity index (χ3v) is 3.74. The second-order valence-electron chi connectivity index (χ2n) is 5.29. The molecule has 0 unspecified atom stereocenters. The fraction of sp³-hybridized carbons (Fsp3) is 0.500. The average Bonchev–Trinajstić information content (AvgIpc) is 2.37. The van der Waals surface area contributed by atoms with Crippen LogP contribution in [-0.2, 0) is 11.3 Å². The Morgan fingerprint density at radius 1 is 1.35 bits per heavy atom. The van der Waals surface area contributed by atoms with Crippen LogP contribution in [0.4, 0.5) is 8.78 Å². The summed E-state index contributed by atoms with van der Waals surface area (Å²) in [4.78, 5) is 12.7. The number of carbonyl (C=O) groups is 1. The molecule has 0 saturated heterocycles. The van der Waals surface area contributed by atoms with Crippen LogP contribution < -0.4 is 0 Å². The predicted octanol–water partition coefficient (Wildman–Crippen LogP) is 1.90. The van der Waals surface area contributed by atoms with Gasteiger partial charge in [0.15, 0.2) is 0 Å². The van der Waals surface area contributed by atoms with Crippen LogP contribution >= 0.6 is 0 Å². The lowest BCUT2D eigenvalue weighted by molar-refractivity contribution is -0.223. The Labute approximate surface area is 115 Å². The SMILES string of the molecule is CN(Cc1ccc(O)cc1)C(=O)C(F)(F)C1(O)CCC1. The van der Waals surface area contributed by atoms with Gasteiger partial charge in [0.25, 0.3) is 5.91 Å². The van der Waals surface area contributed by atoms with Crippen LogP contribution in [0.3, 0.4) is 0 Å². The van der Waals surface area contributed by atoms with E-state index in [9.17, 15) is 18.7 Å². The molecule has 0 aromatic heterocycles. The molecule has 6 heteroatoms. The number of alkyl halides is 2. The fourth-order valence-corrected chi connectivity index (χ4v) is 2.21. The number of hydrogen-bond donors (Lipinski definition) is 2. The Balaban J connectivity index is 2.06. The molecule has 0 atom stereocenters. The number of benzene rings is 1. The van der Waals surface area contributed by atoms with Gasteiger partial charge in [0.05, 0.1) is 0 Å². The van der Waals surface area contributed by atoms with E-state index >= 15 is 0 Å². The molecule has 0 bridgehead atoms. The maximum Gasteiger partial charge on any atom is 0.352 e. The molecule has 2 N–H and O–H groups in total. The van der Waals surface area contributed by atoms with Crippen molar-refractivity contribution in [2.75, 3.05) is 7.05 Å². The van der Waals surface area contributed by atoms with E-state index in [0.29, 0.717) is 12.0 Å². The van der Waals surface area contributed by atoms with Crippen LogP contribution in [0.2, 0.25) is 0 Å². The number of hydrogen-bond acceptors (Lipinski definition) is 3. The summed E-state index contributed by atoms with van der Waals surface area (Å²) in [5, 5.41) is 18.9. The van der Waals surface area contributed by atoms with Gasteiger partial charge in [0, 0.05) is 13.6 Å². The maximum atomic E-state index is 14.0. The Hall–Kier alpha value is -1.69. The number of nitrogens with zero attached hydrogens (tertiary/aromatic N) is 1. The molecule has 0 aliphatic heterocycles. The van der Waals surface area contributed by atoms with Gasteiger partial charge in [-0.3, -0.25) is 4.79 Å². The van der Waals surface area contributed by atoms with Crippen molar-refractivity contribution in [3.8, 4) is 5.75 Å². The largest absolute Gasteiger partial charge is 0.508 e. The summed E-state index contributed by atoms with van der Waals surface area (Å²) in [6.45, 7) is -0.00914. The molecule has 0 radical (unpaired) electrons. The van der Waals surface area contributed by atoms with Crippen molar-refractivity contribution in [1.82, 2.24) is 4.90 Å². The third kappa shape index (κ3) is 2.47. The van der Waals surface area contributed by atoms with Gasteiger partial charge in [-0.2, -0.15) is 8.78 Å². The van der Waals surface area contributed by atoms with Crippen molar-refractivity contribution in [3.05, 3.63) is 29.8 Å². The molecule has 2 rings (SSSR count). The number of rotatable bonds is 4. The second kappa shape index (κ2) is 5.01. The Kier molecular flexibility index (Phi) is 3.69. The van der Waals surface area contributed by atoms with Gasteiger partial charge in [0.1, 0.15) is 11.4 Å². The molecule has 1 aromatic rings. The van der Waals surface area contributed by atoms with Crippen LogP contribution in [-0.4, -0.2) is 39.6 Å². The first-order chi connectivity index (χ1) is 9.26. The van der Waals surface area contributed by atoms with Crippen LogP contribution in [0.5, 0.6) is 5.75 Å². The molecule has 110 valence electrons. The summed E-state index contributed by atoms with van der Waals surface area (Å²) < 4.78 is 28.0. The molecule has 1 aliphatic carbocycles. The van der Waals surface area contributed by atoms with Gasteiger partial charge >= 0.3 is 5.92 Å². The molecule has 1 aliphatic rings. The lowest BCUT2D eigenvalue weighted by Gasteiger charge is -2.42. The topological polar surface area (TPSA) is 60.8 Å². The Morgan fingerprint density at radius 2 is 1.90 bits per heavy atom. The zero-order chi connectivity index (χ0) is 15.0. The average molecular weight is 285 g/mol. The highest BCUT2D eigenvalue weighted by atomic mass is 19.3. The highest BCUT2D eigenvalue weighted by Gasteiger charge is 2.61. The van der Waals surface area contributed by atoms with Gasteiger partial charge in [-0.05, 0) is 37.0 Å². The van der Waals surface area contributed by atoms with Crippen molar-refractivity contribution >= 4 is 5.91 Å². The number of phenols is 1. The van der Waals surface area contributed by atoms with Crippen molar-refractivity contribution in [1.29, 1.82) is 0 Å². The van der Waals surface area contributed by atoms with E-state index in [1.807, 2.05) is 0 Å². The van der Waals surface area contributed by atoms with E-state index in [2.05, 4.69) is 0 Å². The number of halogens is 2. The highest BCUT2D eigenvalue weighted by Crippen LogP contribution is 2.45. The van der Waals surface area contributed by atoms with Gasteiger partial charge in [0.2, 0.25) is 0 Å². The first-order valence-electron chi connectivity index (χ1n) is 6.40. The summed E-state index contributed by atoms with van der Waals surface area (Å²) >= 11 is 0. The van der Waals surface area contributed by atoms with Crippen LogP contribution in [0.1, 0.15) is 24.8 Å². The molecule has 1 aromatic carbocycles. The smallest absolute Gasteiger partial charge is 0.352 e. The van der Waals surface area contributed by atoms with E-state index in [-0.39, 0.29) is 25.1 Å². The standard InChI is InChI=1S/C14H17F2NO3/c1-17(9-10-3-5-11(18)6-4-10)12(19)14(15,16)13(20)7-2-8-13/h3-6,18,20H,2,7-9H2,1H3. The van der Waals surface area contributed by atoms with E-state index in [1.54, 1.807) is 12.1 Å². The van der Waals surface area contributed by atoms with Crippen LogP contribution in [0.25, 0.3) is 0 Å². The van der Waals surface area contributed by atoms with Gasteiger partial charge in [-0.25, -0.2) is 0 Å². The first kappa shape index (κ1) is 14.7. The van der Waals surface area contributed by atoms with E-state index in [0.717, 1.165) is 4.90 Å². The number of phenolic OH excluding ortho intramolecular Hbond substituents is 1. The number of aromatic hydroxyl groups is 1. The monoisotopic (exact) mass is 285 g/mol. The third-order valence-electron chi connectivity index (χ3n) is 3.74. The van der Waals surface area contributed by atoms with Gasteiger partial charge in [-0.1, -0.05) is 12.1 Å². The molecule has 1 fully saturated rings. The van der Waals surface area contributed by atoms with E-state index in [1.165, 1.54) is 19.2 Å². The highest BCUT2D eigenvalue weighted by molar-refractivity contribution is 5.85. The summed E-state index contributed by atoms with van der Waals surface area (Å²) in [7, 11) is 1.27. The lowest BCUT2D eigenvalue weighted by atomic mass is 9.75. The van der Waals surface area contributed by atoms with Crippen molar-refractivity contribution in [2.45, 2.75) is 37.3 Å². The second-order valence-corrected chi connectivity index (χ2v) is 5.29. The van der Waals surface area contributed by atoms with Gasteiger partial charge in [-0.15, -0.1) is 0 Å². The summed E-state index contributed by atoms with van der Waals surface area (Å²) in [5.41, 5.74) is -1.58.